The molecule has 1 fully saturated rings. The molecule has 2 aromatic rings. The fraction of sp³-hybridized carbons (Fsp3) is 0.444. The molecule has 0 spiro atoms. The Kier molecular flexibility index (Phi) is 5.48. The van der Waals surface area contributed by atoms with Gasteiger partial charge in [-0.1, -0.05) is 6.07 Å². The number of carbonyl (C=O) groups excluding carboxylic acids is 1. The lowest BCUT2D eigenvalue weighted by atomic mass is 9.86. The molecule has 1 aromatic carbocycles. The van der Waals surface area contributed by atoms with Crippen LogP contribution in [0.4, 0.5) is 22.4 Å². The lowest BCUT2D eigenvalue weighted by Gasteiger charge is -2.38. The Hall–Kier alpha value is -2.78. The smallest absolute Gasteiger partial charge is 0.419 e. The van der Waals surface area contributed by atoms with Crippen molar-refractivity contribution < 1.29 is 31.6 Å². The van der Waals surface area contributed by atoms with E-state index in [1.54, 1.807) is 0 Å². The summed E-state index contributed by atoms with van der Waals surface area (Å²) in [6.07, 6.45) is -4.31. The van der Waals surface area contributed by atoms with E-state index in [1.165, 1.54) is 24.1 Å². The standard InChI is InChI=1S/C18H18F4N2O4/c1-27-17(26)24-5-4-11(15-9-16(25)23-28-15)8-12(24)6-10-2-3-13(14(19)7-10)18(20,21)22/h2-3,7,9,11-12H,4-6,8H2,1H3,(H,23,25)/t11-,12+/m1/s1. The Morgan fingerprint density at radius 2 is 2.11 bits per heavy atom. The van der Waals surface area contributed by atoms with Gasteiger partial charge in [0, 0.05) is 24.6 Å². The molecule has 0 unspecified atom stereocenters. The third kappa shape index (κ3) is 4.20. The fourth-order valence-electron chi connectivity index (χ4n) is 3.55. The van der Waals surface area contributed by atoms with Gasteiger partial charge in [-0.2, -0.15) is 18.3 Å². The van der Waals surface area contributed by atoms with Crippen LogP contribution in [0.1, 0.15) is 35.6 Å². The van der Waals surface area contributed by atoms with Crippen LogP contribution in [0.15, 0.2) is 33.6 Å². The molecule has 0 bridgehead atoms. The Bertz CT molecular complexity index is 905. The highest BCUT2D eigenvalue weighted by Crippen LogP contribution is 2.35. The Balaban J connectivity index is 1.83. The summed E-state index contributed by atoms with van der Waals surface area (Å²) in [6, 6.07) is 3.59. The maximum absolute atomic E-state index is 13.9. The van der Waals surface area contributed by atoms with E-state index in [-0.39, 0.29) is 17.9 Å². The van der Waals surface area contributed by atoms with Gasteiger partial charge in [-0.25, -0.2) is 9.18 Å². The number of alkyl halides is 3. The molecule has 1 saturated heterocycles. The highest BCUT2D eigenvalue weighted by atomic mass is 19.4. The lowest BCUT2D eigenvalue weighted by Crippen LogP contribution is -2.46. The molecule has 1 aromatic heterocycles. The van der Waals surface area contributed by atoms with E-state index in [4.69, 9.17) is 9.26 Å². The van der Waals surface area contributed by atoms with Gasteiger partial charge in [0.15, 0.2) is 0 Å². The van der Waals surface area contributed by atoms with Crippen LogP contribution in [-0.2, 0) is 17.3 Å². The largest absolute Gasteiger partial charge is 0.453 e. The van der Waals surface area contributed by atoms with E-state index in [0.717, 1.165) is 6.07 Å². The van der Waals surface area contributed by atoms with Crippen LogP contribution < -0.4 is 5.56 Å². The van der Waals surface area contributed by atoms with Crippen molar-refractivity contribution >= 4 is 6.09 Å². The third-order valence-electron chi connectivity index (χ3n) is 4.88. The van der Waals surface area contributed by atoms with Crippen molar-refractivity contribution in [2.45, 2.75) is 37.4 Å². The normalized spacial score (nSPS) is 20.2. The zero-order valence-corrected chi connectivity index (χ0v) is 14.9. The summed E-state index contributed by atoms with van der Waals surface area (Å²) in [4.78, 5) is 24.8. The second-order valence-corrected chi connectivity index (χ2v) is 6.67. The van der Waals surface area contributed by atoms with Gasteiger partial charge in [-0.15, -0.1) is 0 Å². The molecule has 3 rings (SSSR count). The number of aromatic nitrogens is 1. The van der Waals surface area contributed by atoms with E-state index in [2.05, 4.69) is 5.16 Å². The number of hydrogen-bond acceptors (Lipinski definition) is 4. The third-order valence-corrected chi connectivity index (χ3v) is 4.88. The Labute approximate surface area is 157 Å². The first-order chi connectivity index (χ1) is 13.2. The number of aromatic amines is 1. The van der Waals surface area contributed by atoms with Crippen molar-refractivity contribution in [3.8, 4) is 0 Å². The van der Waals surface area contributed by atoms with E-state index in [1.807, 2.05) is 0 Å². The summed E-state index contributed by atoms with van der Waals surface area (Å²) >= 11 is 0. The summed E-state index contributed by atoms with van der Waals surface area (Å²) in [7, 11) is 1.23. The molecular formula is C18H18F4N2O4. The summed E-state index contributed by atoms with van der Waals surface area (Å²) in [5, 5.41) is 2.21. The number of H-pyrrole nitrogens is 1. The van der Waals surface area contributed by atoms with E-state index in [9.17, 15) is 27.2 Å². The second-order valence-electron chi connectivity index (χ2n) is 6.67. The van der Waals surface area contributed by atoms with Crippen LogP contribution >= 0.6 is 0 Å². The summed E-state index contributed by atoms with van der Waals surface area (Å²) in [5.74, 6) is -1.08. The van der Waals surface area contributed by atoms with Gasteiger partial charge in [0.05, 0.1) is 12.7 Å². The first kappa shape index (κ1) is 20.0. The van der Waals surface area contributed by atoms with Gasteiger partial charge in [-0.3, -0.25) is 4.79 Å². The highest BCUT2D eigenvalue weighted by Gasteiger charge is 2.36. The van der Waals surface area contributed by atoms with Crippen molar-refractivity contribution in [3.63, 3.8) is 0 Å². The van der Waals surface area contributed by atoms with E-state index in [0.29, 0.717) is 36.8 Å². The Morgan fingerprint density at radius 3 is 2.68 bits per heavy atom. The molecule has 1 aliphatic rings. The SMILES string of the molecule is COC(=O)N1CC[C@@H](c2cc(=O)[nH]o2)C[C@@H]1Cc1ccc(C(F)(F)F)c(F)c1. The molecule has 1 amide bonds. The minimum Gasteiger partial charge on any atom is -0.453 e. The number of benzene rings is 1. The van der Waals surface area contributed by atoms with Crippen LogP contribution in [0, 0.1) is 5.82 Å². The molecule has 2 atom stereocenters. The topological polar surface area (TPSA) is 75.5 Å². The Morgan fingerprint density at radius 1 is 1.36 bits per heavy atom. The molecule has 2 heterocycles. The quantitative estimate of drug-likeness (QED) is 0.795. The zero-order chi connectivity index (χ0) is 20.5. The average molecular weight is 402 g/mol. The van der Waals surface area contributed by atoms with Crippen LogP contribution in [0.5, 0.6) is 0 Å². The van der Waals surface area contributed by atoms with Crippen molar-refractivity contribution in [3.05, 3.63) is 57.3 Å². The summed E-state index contributed by atoms with van der Waals surface area (Å²) < 4.78 is 62.0. The molecule has 28 heavy (non-hydrogen) atoms. The van der Waals surface area contributed by atoms with Gasteiger partial charge < -0.3 is 14.2 Å². The molecule has 6 nitrogen and oxygen atoms in total. The summed E-state index contributed by atoms with van der Waals surface area (Å²) in [5.41, 5.74) is -1.40. The predicted octanol–water partition coefficient (Wildman–Crippen LogP) is 3.68. The number of carbonyl (C=O) groups is 1. The molecule has 152 valence electrons. The molecular weight excluding hydrogens is 384 g/mol. The number of likely N-dealkylation sites (tertiary alicyclic amines) is 1. The number of ether oxygens (including phenoxy) is 1. The number of halogens is 4. The van der Waals surface area contributed by atoms with Gasteiger partial charge in [0.2, 0.25) is 0 Å². The monoisotopic (exact) mass is 402 g/mol. The minimum atomic E-state index is -4.78. The van der Waals surface area contributed by atoms with Crippen molar-refractivity contribution in [2.24, 2.45) is 0 Å². The van der Waals surface area contributed by atoms with Gasteiger partial charge in [0.25, 0.3) is 5.56 Å². The maximum Gasteiger partial charge on any atom is 0.419 e. The number of hydrogen-bond donors (Lipinski definition) is 1. The van der Waals surface area contributed by atoms with Crippen molar-refractivity contribution in [1.82, 2.24) is 10.1 Å². The van der Waals surface area contributed by atoms with Crippen LogP contribution in [0.3, 0.4) is 0 Å². The first-order valence-corrected chi connectivity index (χ1v) is 8.57. The highest BCUT2D eigenvalue weighted by molar-refractivity contribution is 5.68. The first-order valence-electron chi connectivity index (χ1n) is 8.57. The number of methoxy groups -OCH3 is 1. The maximum atomic E-state index is 13.9. The minimum absolute atomic E-state index is 0.134. The van der Waals surface area contributed by atoms with Crippen molar-refractivity contribution in [2.75, 3.05) is 13.7 Å². The molecule has 10 heteroatoms. The number of rotatable bonds is 3. The number of nitrogens with zero attached hydrogens (tertiary/aromatic N) is 1. The molecule has 0 saturated carbocycles. The zero-order valence-electron chi connectivity index (χ0n) is 14.9. The molecule has 1 N–H and O–H groups in total. The van der Waals surface area contributed by atoms with E-state index < -0.39 is 29.7 Å². The van der Waals surface area contributed by atoms with Crippen LogP contribution in [-0.4, -0.2) is 35.8 Å². The number of nitrogens with one attached hydrogen (secondary N) is 1. The number of amides is 1. The fourth-order valence-corrected chi connectivity index (χ4v) is 3.55. The van der Waals surface area contributed by atoms with Gasteiger partial charge in [-0.05, 0) is 37.0 Å². The van der Waals surface area contributed by atoms with Gasteiger partial charge >= 0.3 is 12.3 Å². The van der Waals surface area contributed by atoms with Crippen molar-refractivity contribution in [1.29, 1.82) is 0 Å². The lowest BCUT2D eigenvalue weighted by molar-refractivity contribution is -0.140. The average Bonchev–Trinajstić information content (AvgIpc) is 3.06. The van der Waals surface area contributed by atoms with Crippen LogP contribution in [0.25, 0.3) is 0 Å². The predicted molar refractivity (Wildman–Crippen MR) is 89.3 cm³/mol. The van der Waals surface area contributed by atoms with E-state index >= 15 is 0 Å². The van der Waals surface area contributed by atoms with Crippen LogP contribution in [0.2, 0.25) is 0 Å². The summed E-state index contributed by atoms with van der Waals surface area (Å²) in [6.45, 7) is 0.306. The van der Waals surface area contributed by atoms with Gasteiger partial charge in [0.1, 0.15) is 11.6 Å². The molecule has 1 aliphatic heterocycles. The second kappa shape index (κ2) is 7.69. The molecule has 0 radical (unpaired) electrons. The molecule has 0 aliphatic carbocycles. The number of piperidine rings is 1.